The van der Waals surface area contributed by atoms with Crippen LogP contribution in [0.1, 0.15) is 40.0 Å². The lowest BCUT2D eigenvalue weighted by Gasteiger charge is -2.32. The number of pyridine rings is 1. The summed E-state index contributed by atoms with van der Waals surface area (Å²) in [6.07, 6.45) is 3.88. The molecule has 0 bridgehead atoms. The Balaban J connectivity index is 2.08. The Kier molecular flexibility index (Phi) is 4.51. The summed E-state index contributed by atoms with van der Waals surface area (Å²) in [6, 6.07) is 3.89. The first-order valence-corrected chi connectivity index (χ1v) is 7.28. The van der Waals surface area contributed by atoms with Crippen LogP contribution in [0.3, 0.4) is 0 Å². The molecule has 4 nitrogen and oxygen atoms in total. The molecule has 106 valence electrons. The van der Waals surface area contributed by atoms with Gasteiger partial charge in [0, 0.05) is 13.1 Å². The molecule has 1 fully saturated rings. The molecule has 1 saturated heterocycles. The van der Waals surface area contributed by atoms with E-state index in [1.165, 1.54) is 19.3 Å². The molecular weight excluding hydrogens is 238 g/mol. The van der Waals surface area contributed by atoms with Gasteiger partial charge in [0.25, 0.3) is 0 Å². The van der Waals surface area contributed by atoms with E-state index in [-0.39, 0.29) is 6.10 Å². The molecule has 0 spiro atoms. The van der Waals surface area contributed by atoms with Crippen LogP contribution >= 0.6 is 0 Å². The van der Waals surface area contributed by atoms with Crippen molar-refractivity contribution in [3.8, 4) is 5.88 Å². The van der Waals surface area contributed by atoms with Crippen LogP contribution in [0.15, 0.2) is 12.1 Å². The summed E-state index contributed by atoms with van der Waals surface area (Å²) in [4.78, 5) is 6.90. The van der Waals surface area contributed by atoms with E-state index in [0.29, 0.717) is 11.6 Å². The van der Waals surface area contributed by atoms with Crippen LogP contribution in [0.2, 0.25) is 0 Å². The van der Waals surface area contributed by atoms with Gasteiger partial charge in [-0.3, -0.25) is 0 Å². The molecule has 2 heterocycles. The van der Waals surface area contributed by atoms with Crippen molar-refractivity contribution in [2.75, 3.05) is 23.7 Å². The van der Waals surface area contributed by atoms with E-state index in [4.69, 9.17) is 10.5 Å². The van der Waals surface area contributed by atoms with Crippen LogP contribution < -0.4 is 15.4 Å². The standard InChI is InChI=1S/C15H25N3O/c1-4-12-7-9-18(10-8-12)14-6-5-13(16)15(17-14)19-11(2)3/h5-6,11-12H,4,7-10,16H2,1-3H3. The molecule has 0 saturated carbocycles. The fourth-order valence-corrected chi connectivity index (χ4v) is 2.51. The van der Waals surface area contributed by atoms with Crippen LogP contribution in [0.4, 0.5) is 11.5 Å². The molecule has 0 unspecified atom stereocenters. The number of nitrogen functional groups attached to an aromatic ring is 1. The van der Waals surface area contributed by atoms with Crippen molar-refractivity contribution in [1.82, 2.24) is 4.98 Å². The highest BCUT2D eigenvalue weighted by atomic mass is 16.5. The van der Waals surface area contributed by atoms with Crippen molar-refractivity contribution in [2.24, 2.45) is 5.92 Å². The molecule has 19 heavy (non-hydrogen) atoms. The van der Waals surface area contributed by atoms with Gasteiger partial charge in [0.15, 0.2) is 0 Å². The highest BCUT2D eigenvalue weighted by Crippen LogP contribution is 2.28. The number of hydrogen-bond acceptors (Lipinski definition) is 4. The monoisotopic (exact) mass is 263 g/mol. The third-order valence-corrected chi connectivity index (χ3v) is 3.74. The van der Waals surface area contributed by atoms with Gasteiger partial charge in [-0.05, 0) is 44.7 Å². The van der Waals surface area contributed by atoms with Gasteiger partial charge in [0.05, 0.1) is 11.8 Å². The number of nitrogens with zero attached hydrogens (tertiary/aromatic N) is 2. The Morgan fingerprint density at radius 3 is 2.63 bits per heavy atom. The number of piperidine rings is 1. The predicted octanol–water partition coefficient (Wildman–Crippen LogP) is 3.08. The Hall–Kier alpha value is -1.45. The summed E-state index contributed by atoms with van der Waals surface area (Å²) in [7, 11) is 0. The topological polar surface area (TPSA) is 51.4 Å². The second kappa shape index (κ2) is 6.13. The van der Waals surface area contributed by atoms with Crippen molar-refractivity contribution in [2.45, 2.75) is 46.1 Å². The van der Waals surface area contributed by atoms with Crippen LogP contribution in [-0.2, 0) is 0 Å². The summed E-state index contributed by atoms with van der Waals surface area (Å²) in [6.45, 7) is 8.41. The minimum Gasteiger partial charge on any atom is -0.473 e. The molecule has 1 aliphatic rings. The molecule has 0 aromatic carbocycles. The lowest BCUT2D eigenvalue weighted by molar-refractivity contribution is 0.234. The second-order valence-electron chi connectivity index (χ2n) is 5.57. The van der Waals surface area contributed by atoms with Crippen LogP contribution in [-0.4, -0.2) is 24.2 Å². The molecule has 1 aliphatic heterocycles. The number of aromatic nitrogens is 1. The predicted molar refractivity (Wildman–Crippen MR) is 79.6 cm³/mol. The van der Waals surface area contributed by atoms with Crippen LogP contribution in [0.5, 0.6) is 5.88 Å². The molecule has 2 N–H and O–H groups in total. The van der Waals surface area contributed by atoms with Gasteiger partial charge in [-0.15, -0.1) is 0 Å². The van der Waals surface area contributed by atoms with Gasteiger partial charge in [0.2, 0.25) is 5.88 Å². The highest BCUT2D eigenvalue weighted by molar-refractivity contribution is 5.54. The molecule has 4 heteroatoms. The Labute approximate surface area is 116 Å². The van der Waals surface area contributed by atoms with Crippen LogP contribution in [0.25, 0.3) is 0 Å². The van der Waals surface area contributed by atoms with E-state index in [2.05, 4.69) is 16.8 Å². The largest absolute Gasteiger partial charge is 0.473 e. The fraction of sp³-hybridized carbons (Fsp3) is 0.667. The van der Waals surface area contributed by atoms with E-state index in [9.17, 15) is 0 Å². The zero-order chi connectivity index (χ0) is 13.8. The maximum absolute atomic E-state index is 5.90. The summed E-state index contributed by atoms with van der Waals surface area (Å²) in [5, 5.41) is 0. The van der Waals surface area contributed by atoms with Gasteiger partial charge in [-0.2, -0.15) is 4.98 Å². The van der Waals surface area contributed by atoms with E-state index in [0.717, 1.165) is 24.8 Å². The molecule has 2 rings (SSSR count). The minimum absolute atomic E-state index is 0.0934. The maximum Gasteiger partial charge on any atom is 0.239 e. The Bertz CT molecular complexity index is 412. The lowest BCUT2D eigenvalue weighted by atomic mass is 9.94. The van der Waals surface area contributed by atoms with Crippen molar-refractivity contribution in [1.29, 1.82) is 0 Å². The summed E-state index contributed by atoms with van der Waals surface area (Å²) < 4.78 is 5.66. The first kappa shape index (κ1) is 14.0. The summed E-state index contributed by atoms with van der Waals surface area (Å²) in [5.74, 6) is 2.42. The average molecular weight is 263 g/mol. The van der Waals surface area contributed by atoms with E-state index in [1.807, 2.05) is 26.0 Å². The third-order valence-electron chi connectivity index (χ3n) is 3.74. The molecule has 0 aliphatic carbocycles. The molecule has 0 amide bonds. The minimum atomic E-state index is 0.0934. The van der Waals surface area contributed by atoms with E-state index in [1.54, 1.807) is 0 Å². The summed E-state index contributed by atoms with van der Waals surface area (Å²) >= 11 is 0. The number of rotatable bonds is 4. The maximum atomic E-state index is 5.90. The normalized spacial score (nSPS) is 16.9. The second-order valence-corrected chi connectivity index (χ2v) is 5.57. The molecule has 1 aromatic heterocycles. The molecule has 0 atom stereocenters. The smallest absolute Gasteiger partial charge is 0.239 e. The van der Waals surface area contributed by atoms with E-state index >= 15 is 0 Å². The quantitative estimate of drug-likeness (QED) is 0.907. The first-order chi connectivity index (χ1) is 9.10. The molecule has 1 aromatic rings. The number of ether oxygens (including phenoxy) is 1. The van der Waals surface area contributed by atoms with Crippen molar-refractivity contribution in [3.05, 3.63) is 12.1 Å². The molecule has 0 radical (unpaired) electrons. The van der Waals surface area contributed by atoms with Gasteiger partial charge < -0.3 is 15.4 Å². The average Bonchev–Trinajstić information content (AvgIpc) is 2.41. The summed E-state index contributed by atoms with van der Waals surface area (Å²) in [5.41, 5.74) is 6.52. The van der Waals surface area contributed by atoms with Crippen molar-refractivity contribution >= 4 is 11.5 Å². The number of anilines is 2. The third kappa shape index (κ3) is 3.52. The zero-order valence-corrected chi connectivity index (χ0v) is 12.2. The Morgan fingerprint density at radius 2 is 2.05 bits per heavy atom. The van der Waals surface area contributed by atoms with Gasteiger partial charge >= 0.3 is 0 Å². The Morgan fingerprint density at radius 1 is 1.37 bits per heavy atom. The number of hydrogen-bond donors (Lipinski definition) is 1. The highest BCUT2D eigenvalue weighted by Gasteiger charge is 2.19. The fourth-order valence-electron chi connectivity index (χ4n) is 2.51. The lowest BCUT2D eigenvalue weighted by Crippen LogP contribution is -2.34. The van der Waals surface area contributed by atoms with Gasteiger partial charge in [-0.1, -0.05) is 13.3 Å². The van der Waals surface area contributed by atoms with Crippen molar-refractivity contribution in [3.63, 3.8) is 0 Å². The molecular formula is C15H25N3O. The van der Waals surface area contributed by atoms with Crippen LogP contribution in [0, 0.1) is 5.92 Å². The van der Waals surface area contributed by atoms with Gasteiger partial charge in [0.1, 0.15) is 5.82 Å². The van der Waals surface area contributed by atoms with E-state index < -0.39 is 0 Å². The zero-order valence-electron chi connectivity index (χ0n) is 12.2. The van der Waals surface area contributed by atoms with Crippen molar-refractivity contribution < 1.29 is 4.74 Å². The van der Waals surface area contributed by atoms with Gasteiger partial charge in [-0.25, -0.2) is 0 Å². The first-order valence-electron chi connectivity index (χ1n) is 7.28. The number of nitrogens with two attached hydrogens (primary N) is 1. The SMILES string of the molecule is CCC1CCN(c2ccc(N)c(OC(C)C)n2)CC1.